The van der Waals surface area contributed by atoms with Crippen LogP contribution in [-0.4, -0.2) is 27.5 Å². The Balaban J connectivity index is 1.96. The maximum absolute atomic E-state index is 13.2. The van der Waals surface area contributed by atoms with Gasteiger partial charge in [-0.25, -0.2) is 12.8 Å². The normalized spacial score (nSPS) is 16.1. The van der Waals surface area contributed by atoms with Crippen molar-refractivity contribution in [1.29, 1.82) is 0 Å². The van der Waals surface area contributed by atoms with E-state index in [9.17, 15) is 17.6 Å². The molecule has 0 saturated heterocycles. The third-order valence-corrected chi connectivity index (χ3v) is 6.37. The maximum Gasteiger partial charge on any atom is 0.261 e. The van der Waals surface area contributed by atoms with Gasteiger partial charge in [-0.15, -0.1) is 0 Å². The molecule has 1 heterocycles. The summed E-state index contributed by atoms with van der Waals surface area (Å²) in [6.45, 7) is 8.57. The van der Waals surface area contributed by atoms with Gasteiger partial charge < -0.3 is 9.64 Å². The van der Waals surface area contributed by atoms with Crippen molar-refractivity contribution in [1.82, 2.24) is 0 Å². The van der Waals surface area contributed by atoms with Crippen molar-refractivity contribution in [3.8, 4) is 5.75 Å². The molecule has 1 amide bonds. The van der Waals surface area contributed by atoms with Gasteiger partial charge in [-0.1, -0.05) is 13.8 Å². The molecule has 0 bridgehead atoms. The van der Waals surface area contributed by atoms with Crippen molar-refractivity contribution in [3.63, 3.8) is 0 Å². The summed E-state index contributed by atoms with van der Waals surface area (Å²) < 4.78 is 46.8. The number of anilines is 2. The Hall–Kier alpha value is -2.61. The predicted molar refractivity (Wildman–Crippen MR) is 115 cm³/mol. The number of rotatable bonds is 6. The number of amides is 1. The Labute approximate surface area is 177 Å². The van der Waals surface area contributed by atoms with Crippen LogP contribution in [0.5, 0.6) is 5.75 Å². The highest BCUT2D eigenvalue weighted by Gasteiger charge is 2.37. The van der Waals surface area contributed by atoms with Crippen LogP contribution in [-0.2, 0) is 14.8 Å². The lowest BCUT2D eigenvalue weighted by Gasteiger charge is -2.28. The molecule has 0 atom stereocenters. The summed E-state index contributed by atoms with van der Waals surface area (Å²) in [4.78, 5) is 14.8. The van der Waals surface area contributed by atoms with Crippen LogP contribution in [0.15, 0.2) is 47.4 Å². The molecule has 3 rings (SSSR count). The van der Waals surface area contributed by atoms with Gasteiger partial charge in [0.25, 0.3) is 10.0 Å². The summed E-state index contributed by atoms with van der Waals surface area (Å²) in [5.41, 5.74) is 0.123. The first kappa shape index (κ1) is 22.1. The molecular weight excluding hydrogens is 407 g/mol. The number of benzene rings is 2. The van der Waals surface area contributed by atoms with Gasteiger partial charge in [0.2, 0.25) is 5.91 Å². The summed E-state index contributed by atoms with van der Waals surface area (Å²) in [7, 11) is -3.91. The number of fused-ring (bicyclic) bond motifs is 1. The molecule has 1 aliphatic rings. The monoisotopic (exact) mass is 434 g/mol. The lowest BCUT2D eigenvalue weighted by Crippen LogP contribution is -2.42. The zero-order valence-corrected chi connectivity index (χ0v) is 18.4. The van der Waals surface area contributed by atoms with E-state index in [1.165, 1.54) is 12.1 Å². The fraction of sp³-hybridized carbons (Fsp3) is 0.409. The molecule has 2 aromatic carbocycles. The molecule has 0 spiro atoms. The first-order valence-electron chi connectivity index (χ1n) is 9.87. The zero-order chi connectivity index (χ0) is 22.1. The minimum absolute atomic E-state index is 0.0519. The van der Waals surface area contributed by atoms with Gasteiger partial charge in [0.05, 0.1) is 21.7 Å². The van der Waals surface area contributed by atoms with E-state index in [-0.39, 0.29) is 17.4 Å². The Morgan fingerprint density at radius 1 is 1.17 bits per heavy atom. The van der Waals surface area contributed by atoms with Crippen LogP contribution in [0.1, 0.15) is 34.1 Å². The molecular formula is C22H27FN2O4S. The van der Waals surface area contributed by atoms with Crippen LogP contribution in [0.4, 0.5) is 15.8 Å². The number of halogens is 1. The fourth-order valence-electron chi connectivity index (χ4n) is 3.15. The van der Waals surface area contributed by atoms with Gasteiger partial charge in [0, 0.05) is 6.54 Å². The number of nitrogens with one attached hydrogen (secondary N) is 1. The van der Waals surface area contributed by atoms with Crippen LogP contribution in [0.2, 0.25) is 0 Å². The van der Waals surface area contributed by atoms with Crippen molar-refractivity contribution >= 4 is 27.3 Å². The number of sulfonamides is 1. The fourth-order valence-corrected chi connectivity index (χ4v) is 4.20. The Morgan fingerprint density at radius 3 is 2.47 bits per heavy atom. The molecule has 0 fully saturated rings. The van der Waals surface area contributed by atoms with Crippen molar-refractivity contribution < 1.29 is 22.3 Å². The van der Waals surface area contributed by atoms with Crippen LogP contribution in [0.25, 0.3) is 0 Å². The molecule has 1 N–H and O–H groups in total. The average Bonchev–Trinajstić information content (AvgIpc) is 2.75. The highest BCUT2D eigenvalue weighted by molar-refractivity contribution is 7.92. The molecule has 162 valence electrons. The number of nitrogens with zero attached hydrogens (tertiary/aromatic N) is 1. The summed E-state index contributed by atoms with van der Waals surface area (Å²) in [5.74, 6) is 0.342. The number of hydrogen-bond donors (Lipinski definition) is 1. The van der Waals surface area contributed by atoms with Gasteiger partial charge in [0.15, 0.2) is 0 Å². The van der Waals surface area contributed by atoms with Gasteiger partial charge in [0.1, 0.15) is 18.2 Å². The molecule has 8 heteroatoms. The Kier molecular flexibility index (Phi) is 6.08. The molecule has 1 aliphatic heterocycles. The van der Waals surface area contributed by atoms with Gasteiger partial charge in [-0.2, -0.15) is 0 Å². The zero-order valence-electron chi connectivity index (χ0n) is 17.6. The SMILES string of the molecule is CC(C)CCN1C(=O)C(C)(C)COc2ccc(NS(=O)(=O)c3ccc(F)cc3)cc21. The number of hydrogen-bond acceptors (Lipinski definition) is 4. The molecule has 0 radical (unpaired) electrons. The van der Waals surface area contributed by atoms with Gasteiger partial charge in [-0.05, 0) is 68.7 Å². The quantitative estimate of drug-likeness (QED) is 0.730. The third kappa shape index (κ3) is 4.75. The molecule has 0 aliphatic carbocycles. The van der Waals surface area contributed by atoms with E-state index in [1.54, 1.807) is 23.1 Å². The first-order valence-corrected chi connectivity index (χ1v) is 11.3. The predicted octanol–water partition coefficient (Wildman–Crippen LogP) is 4.42. The minimum Gasteiger partial charge on any atom is -0.490 e. The van der Waals surface area contributed by atoms with Crippen molar-refractivity contribution in [2.75, 3.05) is 22.8 Å². The molecule has 30 heavy (non-hydrogen) atoms. The minimum atomic E-state index is -3.91. The van der Waals surface area contributed by atoms with Crippen molar-refractivity contribution in [2.24, 2.45) is 11.3 Å². The van der Waals surface area contributed by atoms with E-state index < -0.39 is 21.3 Å². The summed E-state index contributed by atoms with van der Waals surface area (Å²) in [6, 6.07) is 9.44. The average molecular weight is 435 g/mol. The second kappa shape index (κ2) is 8.26. The molecule has 2 aromatic rings. The van der Waals surface area contributed by atoms with E-state index in [0.29, 0.717) is 29.6 Å². The lowest BCUT2D eigenvalue weighted by molar-refractivity contribution is -0.127. The van der Waals surface area contributed by atoms with Gasteiger partial charge >= 0.3 is 0 Å². The van der Waals surface area contributed by atoms with E-state index in [1.807, 2.05) is 13.8 Å². The second-order valence-electron chi connectivity index (χ2n) is 8.55. The summed E-state index contributed by atoms with van der Waals surface area (Å²) in [6.07, 6.45) is 0.798. The van der Waals surface area contributed by atoms with Gasteiger partial charge in [-0.3, -0.25) is 9.52 Å². The lowest BCUT2D eigenvalue weighted by atomic mass is 9.92. The van der Waals surface area contributed by atoms with Crippen molar-refractivity contribution in [2.45, 2.75) is 39.0 Å². The van der Waals surface area contributed by atoms with E-state index in [4.69, 9.17) is 4.74 Å². The van der Waals surface area contributed by atoms with Crippen molar-refractivity contribution in [3.05, 3.63) is 48.3 Å². The van der Waals surface area contributed by atoms with Crippen LogP contribution in [0.3, 0.4) is 0 Å². The number of carbonyl (C=O) groups is 1. The summed E-state index contributed by atoms with van der Waals surface area (Å²) in [5, 5.41) is 0. The Bertz CT molecular complexity index is 1030. The topological polar surface area (TPSA) is 75.7 Å². The summed E-state index contributed by atoms with van der Waals surface area (Å²) >= 11 is 0. The third-order valence-electron chi connectivity index (χ3n) is 4.97. The largest absolute Gasteiger partial charge is 0.490 e. The molecule has 0 unspecified atom stereocenters. The van der Waals surface area contributed by atoms with Crippen LogP contribution in [0, 0.1) is 17.2 Å². The van der Waals surface area contributed by atoms with E-state index in [0.717, 1.165) is 18.6 Å². The molecule has 0 saturated carbocycles. The van der Waals surface area contributed by atoms with E-state index >= 15 is 0 Å². The smallest absolute Gasteiger partial charge is 0.261 e. The van der Waals surface area contributed by atoms with Crippen LogP contribution >= 0.6 is 0 Å². The molecule has 6 nitrogen and oxygen atoms in total. The highest BCUT2D eigenvalue weighted by Crippen LogP contribution is 2.39. The highest BCUT2D eigenvalue weighted by atomic mass is 32.2. The van der Waals surface area contributed by atoms with Crippen LogP contribution < -0.4 is 14.4 Å². The second-order valence-corrected chi connectivity index (χ2v) is 10.2. The maximum atomic E-state index is 13.2. The first-order chi connectivity index (χ1) is 14.0. The standard InChI is InChI=1S/C22H27FN2O4S/c1-15(2)11-12-25-19-13-17(7-10-20(19)29-14-22(3,4)21(25)26)24-30(27,28)18-8-5-16(23)6-9-18/h5-10,13,15,24H,11-12,14H2,1-4H3. The number of ether oxygens (including phenoxy) is 1. The van der Waals surface area contributed by atoms with E-state index in [2.05, 4.69) is 18.6 Å². The number of carbonyl (C=O) groups excluding carboxylic acids is 1. The Morgan fingerprint density at radius 2 is 1.83 bits per heavy atom. The molecule has 0 aromatic heterocycles.